The van der Waals surface area contributed by atoms with Crippen LogP contribution in [0.4, 0.5) is 0 Å². The van der Waals surface area contributed by atoms with Crippen molar-refractivity contribution in [2.45, 2.75) is 26.2 Å². The van der Waals surface area contributed by atoms with Crippen LogP contribution in [0.2, 0.25) is 0 Å². The number of benzene rings is 1. The van der Waals surface area contributed by atoms with Gasteiger partial charge in [0.1, 0.15) is 0 Å². The summed E-state index contributed by atoms with van der Waals surface area (Å²) >= 11 is 0. The molecule has 0 radical (unpaired) electrons. The second kappa shape index (κ2) is 11.0. The summed E-state index contributed by atoms with van der Waals surface area (Å²) in [5, 5.41) is 6.50. The van der Waals surface area contributed by atoms with Crippen LogP contribution in [0.15, 0.2) is 35.3 Å². The van der Waals surface area contributed by atoms with Gasteiger partial charge in [-0.2, -0.15) is 0 Å². The van der Waals surface area contributed by atoms with Gasteiger partial charge < -0.3 is 10.6 Å². The second-order valence-corrected chi connectivity index (χ2v) is 7.61. The topological polar surface area (TPSA) is 73.8 Å². The largest absolute Gasteiger partial charge is 0.356 e. The number of rotatable bonds is 10. The van der Waals surface area contributed by atoms with Gasteiger partial charge in [0, 0.05) is 33.2 Å². The minimum absolute atomic E-state index is 0.505. The molecule has 0 bridgehead atoms. The molecule has 7 heteroatoms. The predicted octanol–water partition coefficient (Wildman–Crippen LogP) is 1.46. The molecule has 1 rings (SSSR count). The number of aryl methyl sites for hydroxylation is 1. The molecular weight excluding hydrogens is 324 g/mol. The monoisotopic (exact) mass is 354 g/mol. The number of guanidine groups is 1. The molecule has 0 heterocycles. The SMILES string of the molecule is CCN(CCCNC(=NC)NCCCc1ccccc1)S(C)(=O)=O. The number of aliphatic imine (C=N–C) groups is 1. The van der Waals surface area contributed by atoms with Crippen LogP contribution in [-0.4, -0.2) is 58.2 Å². The smallest absolute Gasteiger partial charge is 0.211 e. The summed E-state index contributed by atoms with van der Waals surface area (Å²) in [5.41, 5.74) is 1.34. The van der Waals surface area contributed by atoms with Gasteiger partial charge in [0.05, 0.1) is 6.26 Å². The Morgan fingerprint density at radius 3 is 2.29 bits per heavy atom. The van der Waals surface area contributed by atoms with Crippen molar-refractivity contribution in [3.05, 3.63) is 35.9 Å². The van der Waals surface area contributed by atoms with E-state index in [-0.39, 0.29) is 0 Å². The van der Waals surface area contributed by atoms with Gasteiger partial charge in [-0.1, -0.05) is 37.3 Å². The van der Waals surface area contributed by atoms with Gasteiger partial charge in [-0.3, -0.25) is 4.99 Å². The molecule has 0 amide bonds. The lowest BCUT2D eigenvalue weighted by Crippen LogP contribution is -2.39. The van der Waals surface area contributed by atoms with Crippen LogP contribution in [0.3, 0.4) is 0 Å². The molecule has 1 aromatic carbocycles. The van der Waals surface area contributed by atoms with Crippen LogP contribution >= 0.6 is 0 Å². The minimum Gasteiger partial charge on any atom is -0.356 e. The molecule has 0 aliphatic carbocycles. The maximum absolute atomic E-state index is 11.5. The molecule has 0 spiro atoms. The molecule has 0 aromatic heterocycles. The summed E-state index contributed by atoms with van der Waals surface area (Å²) < 4.78 is 24.5. The van der Waals surface area contributed by atoms with Crippen molar-refractivity contribution >= 4 is 16.0 Å². The number of hydrogen-bond acceptors (Lipinski definition) is 3. The Kier molecular flexibility index (Phi) is 9.41. The first-order valence-corrected chi connectivity index (χ1v) is 10.3. The van der Waals surface area contributed by atoms with E-state index in [0.717, 1.165) is 31.8 Å². The van der Waals surface area contributed by atoms with Crippen molar-refractivity contribution < 1.29 is 8.42 Å². The van der Waals surface area contributed by atoms with Gasteiger partial charge in [-0.15, -0.1) is 0 Å². The average Bonchev–Trinajstić information content (AvgIpc) is 2.56. The Morgan fingerprint density at radius 2 is 1.75 bits per heavy atom. The average molecular weight is 355 g/mol. The van der Waals surface area contributed by atoms with Crippen molar-refractivity contribution in [2.24, 2.45) is 4.99 Å². The van der Waals surface area contributed by atoms with E-state index in [1.807, 2.05) is 13.0 Å². The Hall–Kier alpha value is -1.60. The van der Waals surface area contributed by atoms with E-state index in [9.17, 15) is 8.42 Å². The quantitative estimate of drug-likeness (QED) is 0.379. The molecule has 6 nitrogen and oxygen atoms in total. The van der Waals surface area contributed by atoms with Gasteiger partial charge in [-0.25, -0.2) is 12.7 Å². The molecule has 24 heavy (non-hydrogen) atoms. The van der Waals surface area contributed by atoms with E-state index in [4.69, 9.17) is 0 Å². The summed E-state index contributed by atoms with van der Waals surface area (Å²) in [7, 11) is -1.37. The van der Waals surface area contributed by atoms with Crippen LogP contribution in [0.25, 0.3) is 0 Å². The molecule has 0 aliphatic rings. The zero-order valence-corrected chi connectivity index (χ0v) is 15.8. The standard InChI is InChI=1S/C17H30N4O2S/c1-4-21(24(3,22)23)15-9-14-20-17(18-2)19-13-8-12-16-10-6-5-7-11-16/h5-7,10-11H,4,8-9,12-15H2,1-3H3,(H2,18,19,20). The van der Waals surface area contributed by atoms with E-state index in [0.29, 0.717) is 19.6 Å². The van der Waals surface area contributed by atoms with E-state index in [1.165, 1.54) is 16.1 Å². The van der Waals surface area contributed by atoms with Gasteiger partial charge in [0.25, 0.3) is 0 Å². The second-order valence-electron chi connectivity index (χ2n) is 5.62. The van der Waals surface area contributed by atoms with E-state index < -0.39 is 10.0 Å². The molecule has 0 atom stereocenters. The van der Waals surface area contributed by atoms with Gasteiger partial charge in [-0.05, 0) is 24.8 Å². The maximum atomic E-state index is 11.5. The summed E-state index contributed by atoms with van der Waals surface area (Å²) in [6.45, 7) is 4.41. The van der Waals surface area contributed by atoms with Crippen molar-refractivity contribution in [3.63, 3.8) is 0 Å². The van der Waals surface area contributed by atoms with Crippen molar-refractivity contribution in [3.8, 4) is 0 Å². The summed E-state index contributed by atoms with van der Waals surface area (Å²) in [4.78, 5) is 4.18. The van der Waals surface area contributed by atoms with E-state index in [2.05, 4.69) is 39.9 Å². The van der Waals surface area contributed by atoms with Gasteiger partial charge >= 0.3 is 0 Å². The molecular formula is C17H30N4O2S. The van der Waals surface area contributed by atoms with Gasteiger partial charge in [0.2, 0.25) is 10.0 Å². The molecule has 1 aromatic rings. The number of nitrogens with one attached hydrogen (secondary N) is 2. The molecule has 0 fully saturated rings. The highest BCUT2D eigenvalue weighted by atomic mass is 32.2. The van der Waals surface area contributed by atoms with Crippen LogP contribution in [0.5, 0.6) is 0 Å². The first kappa shape index (κ1) is 20.4. The van der Waals surface area contributed by atoms with E-state index in [1.54, 1.807) is 7.05 Å². The summed E-state index contributed by atoms with van der Waals surface area (Å²) in [5.74, 6) is 0.755. The fourth-order valence-electron chi connectivity index (χ4n) is 2.39. The lowest BCUT2D eigenvalue weighted by molar-refractivity contribution is 0.424. The predicted molar refractivity (Wildman–Crippen MR) is 101 cm³/mol. The summed E-state index contributed by atoms with van der Waals surface area (Å²) in [6, 6.07) is 10.4. The van der Waals surface area contributed by atoms with Crippen LogP contribution in [0.1, 0.15) is 25.3 Å². The van der Waals surface area contributed by atoms with Crippen molar-refractivity contribution in [2.75, 3.05) is 39.5 Å². The van der Waals surface area contributed by atoms with E-state index >= 15 is 0 Å². The molecule has 0 unspecified atom stereocenters. The highest BCUT2D eigenvalue weighted by Gasteiger charge is 2.13. The third-order valence-electron chi connectivity index (χ3n) is 3.70. The first-order valence-electron chi connectivity index (χ1n) is 8.41. The fraction of sp³-hybridized carbons (Fsp3) is 0.588. The Labute approximate surface area is 146 Å². The van der Waals surface area contributed by atoms with Crippen molar-refractivity contribution in [1.82, 2.24) is 14.9 Å². The Balaban J connectivity index is 2.19. The number of hydrogen-bond donors (Lipinski definition) is 2. The highest BCUT2D eigenvalue weighted by Crippen LogP contribution is 2.01. The third kappa shape index (κ3) is 8.31. The Bertz CT molecular complexity index is 588. The molecule has 0 saturated carbocycles. The first-order chi connectivity index (χ1) is 11.5. The maximum Gasteiger partial charge on any atom is 0.211 e. The highest BCUT2D eigenvalue weighted by molar-refractivity contribution is 7.88. The van der Waals surface area contributed by atoms with Crippen LogP contribution < -0.4 is 10.6 Å². The van der Waals surface area contributed by atoms with Crippen LogP contribution in [-0.2, 0) is 16.4 Å². The normalized spacial score (nSPS) is 12.4. The molecule has 136 valence electrons. The minimum atomic E-state index is -3.11. The zero-order chi connectivity index (χ0) is 17.8. The Morgan fingerprint density at radius 1 is 1.12 bits per heavy atom. The lowest BCUT2D eigenvalue weighted by atomic mass is 10.1. The zero-order valence-electron chi connectivity index (χ0n) is 15.0. The van der Waals surface area contributed by atoms with Crippen LogP contribution in [0, 0.1) is 0 Å². The third-order valence-corrected chi connectivity index (χ3v) is 5.08. The molecule has 0 saturated heterocycles. The van der Waals surface area contributed by atoms with Gasteiger partial charge in [0.15, 0.2) is 5.96 Å². The summed E-state index contributed by atoms with van der Waals surface area (Å²) in [6.07, 6.45) is 4.05. The molecule has 2 N–H and O–H groups in total. The number of nitrogens with zero attached hydrogens (tertiary/aromatic N) is 2. The molecule has 0 aliphatic heterocycles. The lowest BCUT2D eigenvalue weighted by Gasteiger charge is -2.18. The van der Waals surface area contributed by atoms with Crippen molar-refractivity contribution in [1.29, 1.82) is 0 Å². The number of sulfonamides is 1. The fourth-order valence-corrected chi connectivity index (χ4v) is 3.32.